The first-order valence-corrected chi connectivity index (χ1v) is 3.45. The van der Waals surface area contributed by atoms with Gasteiger partial charge in [0.1, 0.15) is 0 Å². The highest BCUT2D eigenvalue weighted by molar-refractivity contribution is 5.41. The van der Waals surface area contributed by atoms with Crippen molar-refractivity contribution in [2.45, 2.75) is 6.61 Å². The van der Waals surface area contributed by atoms with Gasteiger partial charge in [-0.15, -0.1) is 0 Å². The molecule has 0 atom stereocenters. The van der Waals surface area contributed by atoms with Crippen molar-refractivity contribution in [3.8, 4) is 11.5 Å². The van der Waals surface area contributed by atoms with Crippen LogP contribution in [0.1, 0.15) is 5.56 Å². The zero-order chi connectivity index (χ0) is 8.97. The van der Waals surface area contributed by atoms with Crippen LogP contribution in [0.2, 0.25) is 0 Å². The number of aromatic hydroxyl groups is 1. The fraction of sp³-hybridized carbons (Fsp3) is 0.250. The Hall–Kier alpha value is -1.26. The maximum Gasteiger partial charge on any atom is 0.160 e. The first kappa shape index (κ1) is 8.83. The van der Waals surface area contributed by atoms with Crippen LogP contribution in [0, 0.1) is 0 Å². The van der Waals surface area contributed by atoms with Gasteiger partial charge in [-0.2, -0.15) is 0 Å². The zero-order valence-electron chi connectivity index (χ0n) is 6.78. The van der Waals surface area contributed by atoms with E-state index in [-0.39, 0.29) is 12.4 Å². The van der Waals surface area contributed by atoms with Gasteiger partial charge in [-0.3, -0.25) is 4.84 Å². The molecule has 4 heteroatoms. The second-order valence-electron chi connectivity index (χ2n) is 2.32. The molecule has 12 heavy (non-hydrogen) atoms. The van der Waals surface area contributed by atoms with E-state index in [1.807, 2.05) is 0 Å². The number of rotatable bonds is 3. The molecule has 4 nitrogen and oxygen atoms in total. The highest BCUT2D eigenvalue weighted by Gasteiger charge is 2.01. The van der Waals surface area contributed by atoms with Gasteiger partial charge >= 0.3 is 0 Å². The number of phenols is 1. The third-order valence-electron chi connectivity index (χ3n) is 1.49. The number of benzene rings is 1. The minimum atomic E-state index is 0.0899. The minimum Gasteiger partial charge on any atom is -0.504 e. The second-order valence-corrected chi connectivity index (χ2v) is 2.32. The predicted octanol–water partition coefficient (Wildman–Crippen LogP) is 0.791. The highest BCUT2D eigenvalue weighted by Crippen LogP contribution is 2.26. The van der Waals surface area contributed by atoms with Crippen LogP contribution in [0.4, 0.5) is 0 Å². The molecule has 0 radical (unpaired) electrons. The van der Waals surface area contributed by atoms with E-state index in [0.717, 1.165) is 5.56 Å². The van der Waals surface area contributed by atoms with E-state index in [1.165, 1.54) is 7.11 Å². The van der Waals surface area contributed by atoms with E-state index in [4.69, 9.17) is 10.6 Å². The van der Waals surface area contributed by atoms with Crippen molar-refractivity contribution in [1.82, 2.24) is 0 Å². The van der Waals surface area contributed by atoms with Gasteiger partial charge in [0.25, 0.3) is 0 Å². The molecule has 0 amide bonds. The van der Waals surface area contributed by atoms with Gasteiger partial charge in [0.15, 0.2) is 11.5 Å². The molecular formula is C8H11NO3. The predicted molar refractivity (Wildman–Crippen MR) is 43.6 cm³/mol. The van der Waals surface area contributed by atoms with Crippen molar-refractivity contribution in [1.29, 1.82) is 0 Å². The van der Waals surface area contributed by atoms with Crippen molar-refractivity contribution in [2.24, 2.45) is 5.90 Å². The third kappa shape index (κ3) is 1.87. The Balaban J connectivity index is 2.86. The molecule has 0 aliphatic rings. The van der Waals surface area contributed by atoms with Crippen LogP contribution in [0.25, 0.3) is 0 Å². The molecule has 0 unspecified atom stereocenters. The molecule has 0 bridgehead atoms. The molecule has 0 fully saturated rings. The molecule has 0 saturated carbocycles. The Bertz CT molecular complexity index is 262. The van der Waals surface area contributed by atoms with Crippen LogP contribution >= 0.6 is 0 Å². The summed E-state index contributed by atoms with van der Waals surface area (Å²) in [6.07, 6.45) is 0. The molecule has 66 valence electrons. The van der Waals surface area contributed by atoms with E-state index in [0.29, 0.717) is 5.75 Å². The molecule has 0 saturated heterocycles. The van der Waals surface area contributed by atoms with Crippen molar-refractivity contribution < 1.29 is 14.7 Å². The zero-order valence-corrected chi connectivity index (χ0v) is 6.78. The maximum atomic E-state index is 9.30. The topological polar surface area (TPSA) is 64.7 Å². The summed E-state index contributed by atoms with van der Waals surface area (Å²) in [5.41, 5.74) is 0.802. The molecule has 0 heterocycles. The molecule has 0 aliphatic carbocycles. The summed E-state index contributed by atoms with van der Waals surface area (Å²) in [6.45, 7) is 0.275. The lowest BCUT2D eigenvalue weighted by atomic mass is 10.2. The van der Waals surface area contributed by atoms with Crippen LogP contribution in [-0.4, -0.2) is 12.2 Å². The SMILES string of the molecule is COc1ccc(CON)cc1O. The van der Waals surface area contributed by atoms with Crippen molar-refractivity contribution in [3.05, 3.63) is 23.8 Å². The van der Waals surface area contributed by atoms with Gasteiger partial charge in [-0.1, -0.05) is 6.07 Å². The largest absolute Gasteiger partial charge is 0.504 e. The first-order chi connectivity index (χ1) is 5.77. The van der Waals surface area contributed by atoms with Gasteiger partial charge in [-0.05, 0) is 17.7 Å². The van der Waals surface area contributed by atoms with Crippen molar-refractivity contribution >= 4 is 0 Å². The van der Waals surface area contributed by atoms with Gasteiger partial charge in [0.2, 0.25) is 0 Å². The van der Waals surface area contributed by atoms with Crippen LogP contribution < -0.4 is 10.6 Å². The summed E-state index contributed by atoms with van der Waals surface area (Å²) in [4.78, 5) is 4.40. The van der Waals surface area contributed by atoms with Gasteiger partial charge < -0.3 is 9.84 Å². The normalized spacial score (nSPS) is 9.83. The molecular weight excluding hydrogens is 158 g/mol. The summed E-state index contributed by atoms with van der Waals surface area (Å²) in [5.74, 6) is 5.40. The summed E-state index contributed by atoms with van der Waals surface area (Å²) in [6, 6.07) is 4.97. The molecule has 0 aromatic heterocycles. The lowest BCUT2D eigenvalue weighted by molar-refractivity contribution is 0.124. The smallest absolute Gasteiger partial charge is 0.160 e. The van der Waals surface area contributed by atoms with Crippen LogP contribution in [0.5, 0.6) is 11.5 Å². The van der Waals surface area contributed by atoms with Gasteiger partial charge in [-0.25, -0.2) is 5.90 Å². The van der Waals surface area contributed by atoms with Crippen LogP contribution in [-0.2, 0) is 11.4 Å². The number of nitrogens with two attached hydrogens (primary N) is 1. The molecule has 1 rings (SSSR count). The Kier molecular flexibility index (Phi) is 2.90. The number of ether oxygens (including phenoxy) is 1. The number of hydrogen-bond acceptors (Lipinski definition) is 4. The Morgan fingerprint density at radius 3 is 2.75 bits per heavy atom. The summed E-state index contributed by atoms with van der Waals surface area (Å²) in [7, 11) is 1.49. The van der Waals surface area contributed by atoms with E-state index < -0.39 is 0 Å². The average molecular weight is 169 g/mol. The summed E-state index contributed by atoms with van der Waals surface area (Å²) in [5, 5.41) is 9.30. The fourth-order valence-electron chi connectivity index (χ4n) is 0.922. The number of methoxy groups -OCH3 is 1. The van der Waals surface area contributed by atoms with Crippen LogP contribution in [0.15, 0.2) is 18.2 Å². The molecule has 0 spiro atoms. The molecule has 1 aromatic carbocycles. The van der Waals surface area contributed by atoms with Crippen molar-refractivity contribution in [2.75, 3.05) is 7.11 Å². The fourth-order valence-corrected chi connectivity index (χ4v) is 0.922. The highest BCUT2D eigenvalue weighted by atomic mass is 16.6. The minimum absolute atomic E-state index is 0.0899. The van der Waals surface area contributed by atoms with E-state index in [2.05, 4.69) is 4.84 Å². The quantitative estimate of drug-likeness (QED) is 0.656. The molecule has 3 N–H and O–H groups in total. The van der Waals surface area contributed by atoms with E-state index in [9.17, 15) is 5.11 Å². The Morgan fingerprint density at radius 2 is 2.25 bits per heavy atom. The summed E-state index contributed by atoms with van der Waals surface area (Å²) < 4.78 is 4.86. The lowest BCUT2D eigenvalue weighted by Crippen LogP contribution is -1.98. The Labute approximate surface area is 70.5 Å². The summed E-state index contributed by atoms with van der Waals surface area (Å²) >= 11 is 0. The van der Waals surface area contributed by atoms with Crippen LogP contribution in [0.3, 0.4) is 0 Å². The molecule has 1 aromatic rings. The van der Waals surface area contributed by atoms with Gasteiger partial charge in [0, 0.05) is 0 Å². The van der Waals surface area contributed by atoms with Crippen molar-refractivity contribution in [3.63, 3.8) is 0 Å². The number of hydrogen-bond donors (Lipinski definition) is 2. The maximum absolute atomic E-state index is 9.30. The first-order valence-electron chi connectivity index (χ1n) is 3.45. The van der Waals surface area contributed by atoms with Gasteiger partial charge in [0.05, 0.1) is 13.7 Å². The van der Waals surface area contributed by atoms with E-state index in [1.54, 1.807) is 18.2 Å². The average Bonchev–Trinajstić information content (AvgIpc) is 2.05. The second kappa shape index (κ2) is 3.94. The monoisotopic (exact) mass is 169 g/mol. The molecule has 0 aliphatic heterocycles. The number of phenolic OH excluding ortho intramolecular Hbond substituents is 1. The van der Waals surface area contributed by atoms with E-state index >= 15 is 0 Å². The lowest BCUT2D eigenvalue weighted by Gasteiger charge is -2.04. The third-order valence-corrected chi connectivity index (χ3v) is 1.49. The Morgan fingerprint density at radius 1 is 1.50 bits per heavy atom. The standard InChI is InChI=1S/C8H11NO3/c1-11-8-3-2-6(5-12-9)4-7(8)10/h2-4,10H,5,9H2,1H3.